The van der Waals surface area contributed by atoms with Crippen LogP contribution in [0.3, 0.4) is 0 Å². The maximum absolute atomic E-state index is 12.8. The molecule has 0 atom stereocenters. The topological polar surface area (TPSA) is 55.8 Å². The average molecular weight is 369 g/mol. The number of esters is 1. The van der Waals surface area contributed by atoms with E-state index in [4.69, 9.17) is 4.74 Å². The number of hydrogen-bond donors (Lipinski definition) is 0. The number of methoxy groups -OCH3 is 1. The van der Waals surface area contributed by atoms with Gasteiger partial charge in [-0.1, -0.05) is 44.2 Å². The Kier molecular flexibility index (Phi) is 7.86. The van der Waals surface area contributed by atoms with Crippen molar-refractivity contribution in [3.63, 3.8) is 0 Å². The third kappa shape index (κ3) is 6.77. The van der Waals surface area contributed by atoms with Gasteiger partial charge >= 0.3 is 5.97 Å². The number of para-hydroxylation sites is 1. The van der Waals surface area contributed by atoms with Gasteiger partial charge in [0.25, 0.3) is 5.91 Å². The Hall–Kier alpha value is -2.82. The molecule has 0 unspecified atom stereocenters. The Morgan fingerprint density at radius 2 is 1.67 bits per heavy atom. The largest absolute Gasteiger partial charge is 0.489 e. The molecular formula is C22H27NO4. The maximum Gasteiger partial charge on any atom is 0.307 e. The molecule has 0 bridgehead atoms. The van der Waals surface area contributed by atoms with E-state index in [1.54, 1.807) is 17.0 Å². The van der Waals surface area contributed by atoms with Gasteiger partial charge in [0.1, 0.15) is 12.4 Å². The number of rotatable bonds is 9. The Balaban J connectivity index is 1.99. The second kappa shape index (κ2) is 10.4. The molecule has 0 aliphatic rings. The summed E-state index contributed by atoms with van der Waals surface area (Å²) in [4.78, 5) is 25.9. The van der Waals surface area contributed by atoms with Crippen LogP contribution in [0.25, 0.3) is 0 Å². The van der Waals surface area contributed by atoms with Crippen molar-refractivity contribution in [2.45, 2.75) is 26.9 Å². The monoisotopic (exact) mass is 369 g/mol. The lowest BCUT2D eigenvalue weighted by molar-refractivity contribution is -0.140. The van der Waals surface area contributed by atoms with Crippen LogP contribution >= 0.6 is 0 Å². The van der Waals surface area contributed by atoms with Crippen LogP contribution in [0.5, 0.6) is 5.75 Å². The van der Waals surface area contributed by atoms with Crippen molar-refractivity contribution in [2.75, 3.05) is 20.2 Å². The van der Waals surface area contributed by atoms with Crippen molar-refractivity contribution < 1.29 is 19.1 Å². The number of amides is 1. The summed E-state index contributed by atoms with van der Waals surface area (Å²) in [7, 11) is 1.35. The zero-order valence-corrected chi connectivity index (χ0v) is 16.2. The fourth-order valence-electron chi connectivity index (χ4n) is 2.65. The third-order valence-corrected chi connectivity index (χ3v) is 4.04. The Morgan fingerprint density at radius 3 is 2.26 bits per heavy atom. The highest BCUT2D eigenvalue weighted by Crippen LogP contribution is 2.14. The second-order valence-corrected chi connectivity index (χ2v) is 6.77. The molecule has 0 heterocycles. The molecule has 2 rings (SSSR count). The van der Waals surface area contributed by atoms with Gasteiger partial charge in [0.2, 0.25) is 0 Å². The van der Waals surface area contributed by atoms with Gasteiger partial charge in [-0.25, -0.2) is 0 Å². The summed E-state index contributed by atoms with van der Waals surface area (Å²) in [5.41, 5.74) is 1.59. The summed E-state index contributed by atoms with van der Waals surface area (Å²) in [6.07, 6.45) is 0.192. The van der Waals surface area contributed by atoms with Crippen LogP contribution in [0.15, 0.2) is 54.6 Å². The molecule has 0 N–H and O–H groups in total. The molecule has 2 aromatic rings. The van der Waals surface area contributed by atoms with Gasteiger partial charge in [-0.2, -0.15) is 0 Å². The lowest BCUT2D eigenvalue weighted by Crippen LogP contribution is -2.36. The molecule has 0 spiro atoms. The SMILES string of the molecule is COC(=O)CCN(CC(C)C)C(=O)c1ccc(COc2ccccc2)cc1. The first-order valence-corrected chi connectivity index (χ1v) is 9.12. The van der Waals surface area contributed by atoms with Crippen LogP contribution < -0.4 is 4.74 Å². The van der Waals surface area contributed by atoms with Crippen LogP contribution in [0, 0.1) is 5.92 Å². The van der Waals surface area contributed by atoms with Gasteiger partial charge < -0.3 is 14.4 Å². The zero-order chi connectivity index (χ0) is 19.6. The smallest absolute Gasteiger partial charge is 0.307 e. The molecule has 27 heavy (non-hydrogen) atoms. The molecule has 0 aliphatic heterocycles. The van der Waals surface area contributed by atoms with E-state index >= 15 is 0 Å². The summed E-state index contributed by atoms with van der Waals surface area (Å²) in [5, 5.41) is 0. The van der Waals surface area contributed by atoms with Gasteiger partial charge in [0, 0.05) is 18.7 Å². The van der Waals surface area contributed by atoms with Gasteiger partial charge in [0.05, 0.1) is 13.5 Å². The predicted octanol–water partition coefficient (Wildman–Crippen LogP) is 3.93. The predicted molar refractivity (Wildman–Crippen MR) is 105 cm³/mol. The van der Waals surface area contributed by atoms with Crippen LogP contribution in [0.1, 0.15) is 36.2 Å². The fourth-order valence-corrected chi connectivity index (χ4v) is 2.65. The maximum atomic E-state index is 12.8. The number of carbonyl (C=O) groups excluding carboxylic acids is 2. The van der Waals surface area contributed by atoms with Crippen molar-refractivity contribution >= 4 is 11.9 Å². The molecular weight excluding hydrogens is 342 g/mol. The van der Waals surface area contributed by atoms with Crippen LogP contribution in [-0.4, -0.2) is 37.0 Å². The summed E-state index contributed by atoms with van der Waals surface area (Å²) >= 11 is 0. The Labute approximate surface area is 160 Å². The molecule has 0 saturated carbocycles. The number of ether oxygens (including phenoxy) is 2. The summed E-state index contributed by atoms with van der Waals surface area (Å²) in [6, 6.07) is 17.0. The van der Waals surface area contributed by atoms with Crippen LogP contribution in [0.4, 0.5) is 0 Å². The van der Waals surface area contributed by atoms with Crippen molar-refractivity contribution in [3.8, 4) is 5.75 Å². The van der Waals surface area contributed by atoms with Crippen molar-refractivity contribution in [3.05, 3.63) is 65.7 Å². The van der Waals surface area contributed by atoms with Crippen LogP contribution in [0.2, 0.25) is 0 Å². The number of benzene rings is 2. The highest BCUT2D eigenvalue weighted by Gasteiger charge is 2.18. The van der Waals surface area contributed by atoms with E-state index in [-0.39, 0.29) is 18.3 Å². The highest BCUT2D eigenvalue weighted by atomic mass is 16.5. The van der Waals surface area contributed by atoms with Gasteiger partial charge in [0.15, 0.2) is 0 Å². The minimum atomic E-state index is -0.315. The fraction of sp³-hybridized carbons (Fsp3) is 0.364. The standard InChI is InChI=1S/C22H27NO4/c1-17(2)15-23(14-13-21(24)26-3)22(25)19-11-9-18(10-12-19)16-27-20-7-5-4-6-8-20/h4-12,17H,13-16H2,1-3H3. The van der Waals surface area contributed by atoms with E-state index in [0.29, 0.717) is 31.2 Å². The first-order chi connectivity index (χ1) is 13.0. The van der Waals surface area contributed by atoms with Crippen molar-refractivity contribution in [1.29, 1.82) is 0 Å². The molecule has 0 aromatic heterocycles. The zero-order valence-electron chi connectivity index (χ0n) is 16.2. The molecule has 0 aliphatic carbocycles. The van der Waals surface area contributed by atoms with Gasteiger partial charge in [-0.05, 0) is 35.7 Å². The Morgan fingerprint density at radius 1 is 1.00 bits per heavy atom. The third-order valence-electron chi connectivity index (χ3n) is 4.04. The van der Waals surface area contributed by atoms with Crippen molar-refractivity contribution in [2.24, 2.45) is 5.92 Å². The lowest BCUT2D eigenvalue weighted by Gasteiger charge is -2.24. The molecule has 5 nitrogen and oxygen atoms in total. The molecule has 1 amide bonds. The first-order valence-electron chi connectivity index (χ1n) is 9.12. The van der Waals surface area contributed by atoms with E-state index in [1.165, 1.54) is 7.11 Å². The van der Waals surface area contributed by atoms with Crippen molar-refractivity contribution in [1.82, 2.24) is 4.90 Å². The summed E-state index contributed by atoms with van der Waals surface area (Å²) in [5.74, 6) is 0.724. The number of nitrogens with zero attached hydrogens (tertiary/aromatic N) is 1. The van der Waals surface area contributed by atoms with Gasteiger partial charge in [-0.3, -0.25) is 9.59 Å². The van der Waals surface area contributed by atoms with E-state index in [2.05, 4.69) is 4.74 Å². The molecule has 2 aromatic carbocycles. The second-order valence-electron chi connectivity index (χ2n) is 6.77. The minimum absolute atomic E-state index is 0.0804. The van der Waals surface area contributed by atoms with E-state index < -0.39 is 0 Å². The highest BCUT2D eigenvalue weighted by molar-refractivity contribution is 5.94. The quantitative estimate of drug-likeness (QED) is 0.629. The molecule has 0 saturated heterocycles. The molecule has 0 radical (unpaired) electrons. The molecule has 0 fully saturated rings. The Bertz CT molecular complexity index is 726. The first kappa shape index (κ1) is 20.5. The molecule has 144 valence electrons. The normalized spacial score (nSPS) is 10.5. The minimum Gasteiger partial charge on any atom is -0.489 e. The lowest BCUT2D eigenvalue weighted by atomic mass is 10.1. The number of hydrogen-bond acceptors (Lipinski definition) is 4. The average Bonchev–Trinajstić information content (AvgIpc) is 2.69. The summed E-state index contributed by atoms with van der Waals surface area (Å²) < 4.78 is 10.4. The van der Waals surface area contributed by atoms with Crippen LogP contribution in [-0.2, 0) is 16.1 Å². The molecule has 5 heteroatoms. The van der Waals surface area contributed by atoms with E-state index in [9.17, 15) is 9.59 Å². The van der Waals surface area contributed by atoms with Gasteiger partial charge in [-0.15, -0.1) is 0 Å². The summed E-state index contributed by atoms with van der Waals surface area (Å²) in [6.45, 7) is 5.47. The number of carbonyl (C=O) groups is 2. The van der Waals surface area contributed by atoms with E-state index in [0.717, 1.165) is 11.3 Å². The van der Waals surface area contributed by atoms with E-state index in [1.807, 2.05) is 56.3 Å².